The quantitative estimate of drug-likeness (QED) is 0.580. The zero-order valence-electron chi connectivity index (χ0n) is 9.98. The van der Waals surface area contributed by atoms with E-state index >= 15 is 0 Å². The number of halogens is 3. The van der Waals surface area contributed by atoms with Crippen LogP contribution in [0.1, 0.15) is 6.42 Å². The van der Waals surface area contributed by atoms with Crippen LogP contribution in [0.15, 0.2) is 0 Å². The van der Waals surface area contributed by atoms with Gasteiger partial charge in [0.05, 0.1) is 6.42 Å². The lowest BCUT2D eigenvalue weighted by molar-refractivity contribution is -0.141. The first-order valence-electron chi connectivity index (χ1n) is 5.35. The molecule has 8 nitrogen and oxygen atoms in total. The Bertz CT molecular complexity index is 492. The molecular formula is C8H12F3N3O5S. The average molecular weight is 319 g/mol. The van der Waals surface area contributed by atoms with Gasteiger partial charge in [-0.15, -0.1) is 0 Å². The molecule has 0 aliphatic carbocycles. The first-order chi connectivity index (χ1) is 9.03. The molecule has 0 radical (unpaired) electrons. The van der Waals surface area contributed by atoms with Crippen LogP contribution in [0.3, 0.4) is 0 Å². The van der Waals surface area contributed by atoms with E-state index in [2.05, 4.69) is 5.32 Å². The van der Waals surface area contributed by atoms with Gasteiger partial charge < -0.3 is 10.4 Å². The maximum absolute atomic E-state index is 12.0. The van der Waals surface area contributed by atoms with Gasteiger partial charge in [-0.05, 0) is 0 Å². The molecule has 20 heavy (non-hydrogen) atoms. The normalized spacial score (nSPS) is 21.6. The molecule has 1 atom stereocenters. The van der Waals surface area contributed by atoms with Gasteiger partial charge in [0.25, 0.3) is 10.2 Å². The number of carbonyl (C=O) groups is 2. The van der Waals surface area contributed by atoms with E-state index in [1.165, 1.54) is 4.72 Å². The molecule has 12 heteroatoms. The van der Waals surface area contributed by atoms with Crippen LogP contribution < -0.4 is 10.0 Å². The lowest BCUT2D eigenvalue weighted by Crippen LogP contribution is -2.60. The Morgan fingerprint density at radius 2 is 2.10 bits per heavy atom. The Balaban J connectivity index is 2.88. The van der Waals surface area contributed by atoms with E-state index in [-0.39, 0.29) is 13.1 Å². The van der Waals surface area contributed by atoms with Crippen LogP contribution in [0, 0.1) is 0 Å². The Morgan fingerprint density at radius 3 is 2.60 bits per heavy atom. The van der Waals surface area contributed by atoms with Crippen LogP contribution in [0.2, 0.25) is 0 Å². The van der Waals surface area contributed by atoms with Gasteiger partial charge in [0, 0.05) is 13.1 Å². The van der Waals surface area contributed by atoms with Crippen molar-refractivity contribution in [3.63, 3.8) is 0 Å². The second kappa shape index (κ2) is 5.93. The molecule has 0 aromatic rings. The first-order valence-corrected chi connectivity index (χ1v) is 6.79. The number of alkyl halides is 3. The molecule has 116 valence electrons. The fourth-order valence-electron chi connectivity index (χ4n) is 1.60. The SMILES string of the molecule is O=C(O)CC1C(=O)NCCN1S(=O)(=O)NCC(F)(F)F. The molecule has 0 spiro atoms. The lowest BCUT2D eigenvalue weighted by Gasteiger charge is -2.33. The summed E-state index contributed by atoms with van der Waals surface area (Å²) in [5.74, 6) is -2.31. The molecule has 0 bridgehead atoms. The van der Waals surface area contributed by atoms with E-state index in [1.54, 1.807) is 0 Å². The topological polar surface area (TPSA) is 116 Å². The Kier molecular flexibility index (Phi) is 4.94. The number of carboxylic acids is 1. The molecule has 0 saturated carbocycles. The second-order valence-electron chi connectivity index (χ2n) is 3.96. The number of amides is 1. The zero-order valence-corrected chi connectivity index (χ0v) is 10.8. The van der Waals surface area contributed by atoms with Crippen LogP contribution in [0.5, 0.6) is 0 Å². The highest BCUT2D eigenvalue weighted by molar-refractivity contribution is 7.87. The number of hydrogen-bond acceptors (Lipinski definition) is 4. The third kappa shape index (κ3) is 4.61. The monoisotopic (exact) mass is 319 g/mol. The van der Waals surface area contributed by atoms with Crippen molar-refractivity contribution in [3.8, 4) is 0 Å². The van der Waals surface area contributed by atoms with Crippen LogP contribution >= 0.6 is 0 Å². The molecule has 3 N–H and O–H groups in total. The number of carboxylic acid groups (broad SMARTS) is 1. The summed E-state index contributed by atoms with van der Waals surface area (Å²) in [5.41, 5.74) is 0. The van der Waals surface area contributed by atoms with Crippen molar-refractivity contribution in [2.24, 2.45) is 0 Å². The summed E-state index contributed by atoms with van der Waals surface area (Å²) in [6, 6.07) is -1.58. The maximum atomic E-state index is 12.0. The fraction of sp³-hybridized carbons (Fsp3) is 0.750. The molecule has 0 aromatic heterocycles. The molecule has 1 unspecified atom stereocenters. The summed E-state index contributed by atoms with van der Waals surface area (Å²) in [4.78, 5) is 22.1. The van der Waals surface area contributed by atoms with Gasteiger partial charge in [-0.2, -0.15) is 30.6 Å². The summed E-state index contributed by atoms with van der Waals surface area (Å²) < 4.78 is 61.2. The van der Waals surface area contributed by atoms with Crippen LogP contribution in [0.25, 0.3) is 0 Å². The Morgan fingerprint density at radius 1 is 1.50 bits per heavy atom. The number of nitrogens with zero attached hydrogens (tertiary/aromatic N) is 1. The van der Waals surface area contributed by atoms with Gasteiger partial charge >= 0.3 is 12.1 Å². The van der Waals surface area contributed by atoms with Crippen molar-refractivity contribution in [2.45, 2.75) is 18.6 Å². The number of carbonyl (C=O) groups excluding carboxylic acids is 1. The number of nitrogens with one attached hydrogen (secondary N) is 2. The summed E-state index contributed by atoms with van der Waals surface area (Å²) >= 11 is 0. The summed E-state index contributed by atoms with van der Waals surface area (Å²) in [6.45, 7) is -2.22. The predicted molar refractivity (Wildman–Crippen MR) is 58.7 cm³/mol. The van der Waals surface area contributed by atoms with E-state index in [0.717, 1.165) is 0 Å². The first kappa shape index (κ1) is 16.7. The van der Waals surface area contributed by atoms with E-state index in [0.29, 0.717) is 4.31 Å². The van der Waals surface area contributed by atoms with Crippen molar-refractivity contribution in [1.29, 1.82) is 0 Å². The second-order valence-corrected chi connectivity index (χ2v) is 5.66. The minimum atomic E-state index is -4.76. The van der Waals surface area contributed by atoms with Crippen molar-refractivity contribution >= 4 is 22.1 Å². The van der Waals surface area contributed by atoms with Crippen molar-refractivity contribution in [3.05, 3.63) is 0 Å². The molecule has 1 fully saturated rings. The van der Waals surface area contributed by atoms with Crippen molar-refractivity contribution in [2.75, 3.05) is 19.6 Å². The molecule has 1 aliphatic rings. The minimum absolute atomic E-state index is 0.109. The lowest BCUT2D eigenvalue weighted by atomic mass is 10.1. The van der Waals surface area contributed by atoms with Gasteiger partial charge in [0.2, 0.25) is 5.91 Å². The van der Waals surface area contributed by atoms with E-state index < -0.39 is 47.3 Å². The summed E-state index contributed by atoms with van der Waals surface area (Å²) in [7, 11) is -4.61. The molecule has 1 heterocycles. The molecule has 1 aliphatic heterocycles. The number of aliphatic carboxylic acids is 1. The third-order valence-electron chi connectivity index (χ3n) is 2.41. The van der Waals surface area contributed by atoms with Crippen molar-refractivity contribution < 1.29 is 36.3 Å². The minimum Gasteiger partial charge on any atom is -0.481 e. The molecule has 1 saturated heterocycles. The predicted octanol–water partition coefficient (Wildman–Crippen LogP) is -1.34. The van der Waals surface area contributed by atoms with Gasteiger partial charge in [0.15, 0.2) is 0 Å². The fourth-order valence-corrected chi connectivity index (χ4v) is 2.95. The van der Waals surface area contributed by atoms with Gasteiger partial charge in [-0.25, -0.2) is 0 Å². The van der Waals surface area contributed by atoms with Crippen molar-refractivity contribution in [1.82, 2.24) is 14.3 Å². The number of hydrogen-bond donors (Lipinski definition) is 3. The number of rotatable bonds is 5. The third-order valence-corrected chi connectivity index (χ3v) is 3.98. The van der Waals surface area contributed by atoms with Crippen LogP contribution in [-0.4, -0.2) is 61.6 Å². The molecular weight excluding hydrogens is 307 g/mol. The zero-order chi connectivity index (χ0) is 15.6. The Hall–Kier alpha value is -1.40. The summed E-state index contributed by atoms with van der Waals surface area (Å²) in [5, 5.41) is 10.9. The maximum Gasteiger partial charge on any atom is 0.402 e. The Labute approximate surface area is 112 Å². The number of piperazine rings is 1. The smallest absolute Gasteiger partial charge is 0.402 e. The molecule has 1 amide bonds. The largest absolute Gasteiger partial charge is 0.481 e. The van der Waals surface area contributed by atoms with Crippen LogP contribution in [0.4, 0.5) is 13.2 Å². The van der Waals surface area contributed by atoms with Gasteiger partial charge in [0.1, 0.15) is 12.6 Å². The van der Waals surface area contributed by atoms with Crippen LogP contribution in [-0.2, 0) is 19.8 Å². The highest BCUT2D eigenvalue weighted by Gasteiger charge is 2.40. The highest BCUT2D eigenvalue weighted by atomic mass is 32.2. The van der Waals surface area contributed by atoms with Gasteiger partial charge in [-0.3, -0.25) is 9.59 Å². The summed E-state index contributed by atoms with van der Waals surface area (Å²) in [6.07, 6.45) is -5.59. The average Bonchev–Trinajstić information content (AvgIpc) is 2.28. The van der Waals surface area contributed by atoms with E-state index in [1.807, 2.05) is 0 Å². The molecule has 1 rings (SSSR count). The highest BCUT2D eigenvalue weighted by Crippen LogP contribution is 2.16. The van der Waals surface area contributed by atoms with E-state index in [4.69, 9.17) is 5.11 Å². The van der Waals surface area contributed by atoms with E-state index in [9.17, 15) is 31.2 Å². The molecule has 0 aromatic carbocycles. The van der Waals surface area contributed by atoms with Gasteiger partial charge in [-0.1, -0.05) is 0 Å². The standard InChI is InChI=1S/C8H12F3N3O5S/c9-8(10,11)4-13-20(18,19)14-2-1-12-7(17)5(14)3-6(15)16/h5,13H,1-4H2,(H,12,17)(H,15,16).